The Morgan fingerprint density at radius 1 is 1.44 bits per heavy atom. The van der Waals surface area contributed by atoms with Crippen LogP contribution in [0.15, 0.2) is 0 Å². The van der Waals surface area contributed by atoms with Gasteiger partial charge in [0.2, 0.25) is 5.91 Å². The van der Waals surface area contributed by atoms with Gasteiger partial charge in [-0.3, -0.25) is 9.59 Å². The van der Waals surface area contributed by atoms with Crippen LogP contribution >= 0.6 is 0 Å². The van der Waals surface area contributed by atoms with Crippen molar-refractivity contribution < 1.29 is 14.7 Å². The molecule has 92 valence electrons. The monoisotopic (exact) mass is 227 g/mol. The summed E-state index contributed by atoms with van der Waals surface area (Å²) in [6, 6.07) is 0. The smallest absolute Gasteiger partial charge is 0.305 e. The molecule has 0 aromatic heterocycles. The molecule has 0 aromatic carbocycles. The Morgan fingerprint density at radius 2 is 2.06 bits per heavy atom. The standard InChI is InChI=1S/C12H21NO3/c1-3-9(2)7-10(14)13-12(5-4-6-12)8-11(15)16/h9H,3-8H2,1-2H3,(H,13,14)(H,15,16). The Kier molecular flexibility index (Phi) is 4.33. The predicted molar refractivity (Wildman–Crippen MR) is 61.0 cm³/mol. The van der Waals surface area contributed by atoms with E-state index >= 15 is 0 Å². The average molecular weight is 227 g/mol. The highest BCUT2D eigenvalue weighted by molar-refractivity contribution is 5.78. The molecular weight excluding hydrogens is 206 g/mol. The second kappa shape index (κ2) is 5.32. The zero-order chi connectivity index (χ0) is 12.2. The predicted octanol–water partition coefficient (Wildman–Crippen LogP) is 1.94. The molecule has 1 unspecified atom stereocenters. The number of nitrogens with one attached hydrogen (secondary N) is 1. The highest BCUT2D eigenvalue weighted by Gasteiger charge is 2.40. The van der Waals surface area contributed by atoms with E-state index in [4.69, 9.17) is 5.11 Å². The molecule has 0 heterocycles. The Bertz CT molecular complexity index is 271. The van der Waals surface area contributed by atoms with Crippen LogP contribution in [0, 0.1) is 5.92 Å². The number of rotatable bonds is 6. The van der Waals surface area contributed by atoms with E-state index in [0.717, 1.165) is 25.7 Å². The maximum absolute atomic E-state index is 11.7. The van der Waals surface area contributed by atoms with Gasteiger partial charge in [0, 0.05) is 6.42 Å². The fourth-order valence-electron chi connectivity index (χ4n) is 2.05. The van der Waals surface area contributed by atoms with Crippen molar-refractivity contribution in [2.75, 3.05) is 0 Å². The van der Waals surface area contributed by atoms with Gasteiger partial charge in [0.05, 0.1) is 12.0 Å². The van der Waals surface area contributed by atoms with Crippen LogP contribution in [0.25, 0.3) is 0 Å². The first-order valence-corrected chi connectivity index (χ1v) is 6.00. The molecule has 0 spiro atoms. The first-order valence-electron chi connectivity index (χ1n) is 6.00. The third-order valence-corrected chi connectivity index (χ3v) is 3.44. The van der Waals surface area contributed by atoms with Crippen LogP contribution in [0.4, 0.5) is 0 Å². The van der Waals surface area contributed by atoms with Crippen LogP contribution in [0.5, 0.6) is 0 Å². The number of carboxylic acid groups (broad SMARTS) is 1. The van der Waals surface area contributed by atoms with Gasteiger partial charge in [-0.25, -0.2) is 0 Å². The van der Waals surface area contributed by atoms with Crippen molar-refractivity contribution in [1.29, 1.82) is 0 Å². The topological polar surface area (TPSA) is 66.4 Å². The quantitative estimate of drug-likeness (QED) is 0.728. The van der Waals surface area contributed by atoms with Gasteiger partial charge in [0.1, 0.15) is 0 Å². The summed E-state index contributed by atoms with van der Waals surface area (Å²) in [5.74, 6) is -0.471. The Labute approximate surface area is 96.4 Å². The normalized spacial score (nSPS) is 19.6. The third-order valence-electron chi connectivity index (χ3n) is 3.44. The molecule has 0 aliphatic heterocycles. The van der Waals surface area contributed by atoms with Gasteiger partial charge >= 0.3 is 5.97 Å². The van der Waals surface area contributed by atoms with Crippen molar-refractivity contribution in [1.82, 2.24) is 5.32 Å². The van der Waals surface area contributed by atoms with Crippen LogP contribution in [0.3, 0.4) is 0 Å². The Balaban J connectivity index is 2.44. The molecular formula is C12H21NO3. The van der Waals surface area contributed by atoms with Gasteiger partial charge in [-0.1, -0.05) is 20.3 Å². The summed E-state index contributed by atoms with van der Waals surface area (Å²) in [4.78, 5) is 22.4. The molecule has 0 saturated heterocycles. The number of carboxylic acids is 1. The second-order valence-corrected chi connectivity index (χ2v) is 4.97. The molecule has 1 aliphatic rings. The number of amides is 1. The number of aliphatic carboxylic acids is 1. The molecule has 16 heavy (non-hydrogen) atoms. The lowest BCUT2D eigenvalue weighted by molar-refractivity contribution is -0.140. The van der Waals surface area contributed by atoms with Gasteiger partial charge in [0.25, 0.3) is 0 Å². The summed E-state index contributed by atoms with van der Waals surface area (Å²) in [6.45, 7) is 4.08. The highest BCUT2D eigenvalue weighted by Crippen LogP contribution is 2.35. The molecule has 1 saturated carbocycles. The Hall–Kier alpha value is -1.06. The third kappa shape index (κ3) is 3.51. The van der Waals surface area contributed by atoms with Crippen LogP contribution in [0.1, 0.15) is 52.4 Å². The lowest BCUT2D eigenvalue weighted by Crippen LogP contribution is -2.54. The number of carbonyl (C=O) groups is 2. The van der Waals surface area contributed by atoms with Crippen molar-refractivity contribution in [2.45, 2.75) is 57.9 Å². The van der Waals surface area contributed by atoms with Crippen molar-refractivity contribution in [2.24, 2.45) is 5.92 Å². The minimum absolute atomic E-state index is 0.00435. The molecule has 1 amide bonds. The zero-order valence-electron chi connectivity index (χ0n) is 10.1. The highest BCUT2D eigenvalue weighted by atomic mass is 16.4. The minimum Gasteiger partial charge on any atom is -0.481 e. The summed E-state index contributed by atoms with van der Waals surface area (Å²) in [5.41, 5.74) is -0.448. The fourth-order valence-corrected chi connectivity index (χ4v) is 2.05. The van der Waals surface area contributed by atoms with Gasteiger partial charge < -0.3 is 10.4 Å². The van der Waals surface area contributed by atoms with Gasteiger partial charge in [-0.05, 0) is 25.2 Å². The number of carbonyl (C=O) groups excluding carboxylic acids is 1. The van der Waals surface area contributed by atoms with E-state index in [1.54, 1.807) is 0 Å². The van der Waals surface area contributed by atoms with Crippen LogP contribution in [-0.2, 0) is 9.59 Å². The molecule has 1 aliphatic carbocycles. The van der Waals surface area contributed by atoms with Gasteiger partial charge in [-0.2, -0.15) is 0 Å². The first-order chi connectivity index (χ1) is 7.47. The maximum Gasteiger partial charge on any atom is 0.305 e. The molecule has 1 fully saturated rings. The van der Waals surface area contributed by atoms with E-state index in [9.17, 15) is 9.59 Å². The van der Waals surface area contributed by atoms with Crippen molar-refractivity contribution in [3.8, 4) is 0 Å². The molecule has 0 aromatic rings. The van der Waals surface area contributed by atoms with Crippen molar-refractivity contribution in [3.05, 3.63) is 0 Å². The SMILES string of the molecule is CCC(C)CC(=O)NC1(CC(=O)O)CCC1. The van der Waals surface area contributed by atoms with Crippen LogP contribution in [0.2, 0.25) is 0 Å². The summed E-state index contributed by atoms with van der Waals surface area (Å²) in [7, 11) is 0. The summed E-state index contributed by atoms with van der Waals surface area (Å²) < 4.78 is 0. The minimum atomic E-state index is -0.830. The number of hydrogen-bond acceptors (Lipinski definition) is 2. The van der Waals surface area contributed by atoms with Crippen molar-refractivity contribution >= 4 is 11.9 Å². The molecule has 0 radical (unpaired) electrons. The molecule has 4 nitrogen and oxygen atoms in total. The van der Waals surface area contributed by atoms with Gasteiger partial charge in [-0.15, -0.1) is 0 Å². The fraction of sp³-hybridized carbons (Fsp3) is 0.833. The second-order valence-electron chi connectivity index (χ2n) is 4.97. The van der Waals surface area contributed by atoms with Crippen LogP contribution in [-0.4, -0.2) is 22.5 Å². The van der Waals surface area contributed by atoms with Gasteiger partial charge in [0.15, 0.2) is 0 Å². The first kappa shape index (κ1) is 13.0. The molecule has 1 atom stereocenters. The lowest BCUT2D eigenvalue weighted by atomic mass is 9.74. The molecule has 0 bridgehead atoms. The zero-order valence-corrected chi connectivity index (χ0v) is 10.1. The Morgan fingerprint density at radius 3 is 2.44 bits per heavy atom. The summed E-state index contributed by atoms with van der Waals surface area (Å²) >= 11 is 0. The number of hydrogen-bond donors (Lipinski definition) is 2. The lowest BCUT2D eigenvalue weighted by Gasteiger charge is -2.41. The van der Waals surface area contributed by atoms with E-state index < -0.39 is 11.5 Å². The molecule has 1 rings (SSSR count). The molecule has 2 N–H and O–H groups in total. The van der Waals surface area contributed by atoms with Crippen molar-refractivity contribution in [3.63, 3.8) is 0 Å². The molecule has 4 heteroatoms. The van der Waals surface area contributed by atoms with E-state index in [1.165, 1.54) is 0 Å². The summed E-state index contributed by atoms with van der Waals surface area (Å²) in [5, 5.41) is 11.7. The largest absolute Gasteiger partial charge is 0.481 e. The maximum atomic E-state index is 11.7. The van der Waals surface area contributed by atoms with E-state index in [0.29, 0.717) is 12.3 Å². The van der Waals surface area contributed by atoms with E-state index in [1.807, 2.05) is 13.8 Å². The average Bonchev–Trinajstić information content (AvgIpc) is 2.13. The van der Waals surface area contributed by atoms with E-state index in [2.05, 4.69) is 5.32 Å². The van der Waals surface area contributed by atoms with Crippen LogP contribution < -0.4 is 5.32 Å². The summed E-state index contributed by atoms with van der Waals surface area (Å²) in [6.07, 6.45) is 4.13. The van der Waals surface area contributed by atoms with E-state index in [-0.39, 0.29) is 12.3 Å².